The molecule has 0 saturated heterocycles. The van der Waals surface area contributed by atoms with Crippen molar-refractivity contribution in [2.24, 2.45) is 5.41 Å². The molecule has 0 saturated carbocycles. The molecule has 1 rings (SSSR count). The van der Waals surface area contributed by atoms with Crippen molar-refractivity contribution in [2.45, 2.75) is 53.9 Å². The van der Waals surface area contributed by atoms with Gasteiger partial charge in [0.25, 0.3) is 0 Å². The first-order valence-electron chi connectivity index (χ1n) is 9.37. The normalized spacial score (nSPS) is 19.8. The van der Waals surface area contributed by atoms with Gasteiger partial charge in [0.05, 0.1) is 12.8 Å². The number of rotatable bonds is 8. The number of allylic oxidation sites excluding steroid dienone is 11. The van der Waals surface area contributed by atoms with Gasteiger partial charge in [-0.05, 0) is 57.1 Å². The first-order valence-corrected chi connectivity index (χ1v) is 9.37. The van der Waals surface area contributed by atoms with E-state index in [2.05, 4.69) is 71.1 Å². The van der Waals surface area contributed by atoms with Gasteiger partial charge in [-0.15, -0.1) is 0 Å². The van der Waals surface area contributed by atoms with Crippen LogP contribution in [0, 0.1) is 5.41 Å². The van der Waals surface area contributed by atoms with Gasteiger partial charge in [0.2, 0.25) is 0 Å². The molecule has 0 atom stereocenters. The average Bonchev–Trinajstić information content (AvgIpc) is 2.53. The number of quaternary nitrogens is 1. The molecule has 1 aliphatic carbocycles. The molecular formula is C23H36NO+. The lowest BCUT2D eigenvalue weighted by molar-refractivity contribution is -0.589. The van der Waals surface area contributed by atoms with Crippen molar-refractivity contribution < 1.29 is 10.4 Å². The van der Waals surface area contributed by atoms with Crippen LogP contribution in [0.3, 0.4) is 0 Å². The van der Waals surface area contributed by atoms with Crippen molar-refractivity contribution in [1.29, 1.82) is 0 Å². The molecule has 0 bridgehead atoms. The van der Waals surface area contributed by atoms with Gasteiger partial charge in [-0.2, -0.15) is 0 Å². The molecule has 0 heterocycles. The molecule has 0 aromatic carbocycles. The van der Waals surface area contributed by atoms with Crippen LogP contribution in [0.2, 0.25) is 0 Å². The van der Waals surface area contributed by atoms with E-state index in [4.69, 9.17) is 5.11 Å². The van der Waals surface area contributed by atoms with Crippen LogP contribution in [0.4, 0.5) is 0 Å². The van der Waals surface area contributed by atoms with Crippen LogP contribution in [0.1, 0.15) is 53.9 Å². The molecule has 0 fully saturated rings. The first kappa shape index (κ1) is 21.4. The molecule has 0 aliphatic heterocycles. The minimum Gasteiger partial charge on any atom is -0.391 e. The smallest absolute Gasteiger partial charge is 0.103 e. The highest BCUT2D eigenvalue weighted by Crippen LogP contribution is 2.40. The third-order valence-corrected chi connectivity index (χ3v) is 4.68. The molecular weight excluding hydrogens is 306 g/mol. The molecule has 0 unspecified atom stereocenters. The summed E-state index contributed by atoms with van der Waals surface area (Å²) in [5, 5.41) is 10.7. The summed E-state index contributed by atoms with van der Waals surface area (Å²) in [5.41, 5.74) is 5.81. The van der Waals surface area contributed by atoms with Crippen molar-refractivity contribution in [2.75, 3.05) is 13.2 Å². The Morgan fingerprint density at radius 3 is 2.48 bits per heavy atom. The standard InChI is InChI=1S/C23H35NO/c1-19(11-8-16-24-17-18-25)9-6-10-20(2)13-14-22-21(3)12-7-15-23(22,4)5/h6,8-11,13-14,16,24-25H,7,12,15,17-18H2,1-5H3/p+1/b9-6+,14-13+,16-8+,19-11+,20-10+. The zero-order valence-corrected chi connectivity index (χ0v) is 16.7. The Kier molecular flexibility index (Phi) is 9.48. The fourth-order valence-corrected chi connectivity index (χ4v) is 3.14. The predicted octanol–water partition coefficient (Wildman–Crippen LogP) is 4.59. The summed E-state index contributed by atoms with van der Waals surface area (Å²) < 4.78 is 0. The van der Waals surface area contributed by atoms with Crippen molar-refractivity contribution in [1.82, 2.24) is 0 Å². The summed E-state index contributed by atoms with van der Waals surface area (Å²) in [6.07, 6.45) is 20.8. The molecule has 0 aromatic heterocycles. The number of aliphatic hydroxyl groups is 1. The summed E-state index contributed by atoms with van der Waals surface area (Å²) in [6, 6.07) is 0. The number of aliphatic hydroxyl groups excluding tert-OH is 1. The van der Waals surface area contributed by atoms with E-state index in [9.17, 15) is 0 Å². The summed E-state index contributed by atoms with van der Waals surface area (Å²) in [6.45, 7) is 12.1. The lowest BCUT2D eigenvalue weighted by Crippen LogP contribution is -2.78. The number of hydrogen-bond donors (Lipinski definition) is 2. The largest absolute Gasteiger partial charge is 0.391 e. The van der Waals surface area contributed by atoms with E-state index in [0.29, 0.717) is 12.0 Å². The van der Waals surface area contributed by atoms with Gasteiger partial charge >= 0.3 is 0 Å². The van der Waals surface area contributed by atoms with Gasteiger partial charge in [-0.25, -0.2) is 0 Å². The average molecular weight is 343 g/mol. The second-order valence-electron chi connectivity index (χ2n) is 7.58. The Morgan fingerprint density at radius 1 is 1.12 bits per heavy atom. The third kappa shape index (κ3) is 8.33. The Hall–Kier alpha value is -1.64. The summed E-state index contributed by atoms with van der Waals surface area (Å²) in [5.74, 6) is 0. The Labute approximate surface area is 154 Å². The van der Waals surface area contributed by atoms with Crippen LogP contribution in [0.5, 0.6) is 0 Å². The zero-order chi connectivity index (χ0) is 18.7. The lowest BCUT2D eigenvalue weighted by Gasteiger charge is -2.32. The molecule has 0 amide bonds. The molecule has 3 N–H and O–H groups in total. The van der Waals surface area contributed by atoms with Crippen LogP contribution in [0.15, 0.2) is 71.0 Å². The summed E-state index contributed by atoms with van der Waals surface area (Å²) >= 11 is 0. The van der Waals surface area contributed by atoms with Gasteiger partial charge in [-0.1, -0.05) is 67.0 Å². The Bertz CT molecular complexity index is 598. The topological polar surface area (TPSA) is 36.8 Å². The lowest BCUT2D eigenvalue weighted by atomic mass is 9.72. The maximum Gasteiger partial charge on any atom is 0.103 e. The van der Waals surface area contributed by atoms with Gasteiger partial charge in [0.1, 0.15) is 6.54 Å². The number of nitrogens with two attached hydrogens (primary N) is 1. The second kappa shape index (κ2) is 11.1. The van der Waals surface area contributed by atoms with E-state index in [1.807, 2.05) is 17.6 Å². The third-order valence-electron chi connectivity index (χ3n) is 4.68. The second-order valence-corrected chi connectivity index (χ2v) is 7.58. The maximum absolute atomic E-state index is 8.71. The van der Waals surface area contributed by atoms with Gasteiger partial charge in [-0.3, -0.25) is 0 Å². The molecule has 1 aliphatic rings. The quantitative estimate of drug-likeness (QED) is 0.491. The highest BCUT2D eigenvalue weighted by Gasteiger charge is 2.26. The Balaban J connectivity index is 2.63. The molecule has 0 spiro atoms. The Morgan fingerprint density at radius 2 is 1.80 bits per heavy atom. The van der Waals surface area contributed by atoms with E-state index in [-0.39, 0.29) is 6.61 Å². The minimum atomic E-state index is 0.206. The molecule has 25 heavy (non-hydrogen) atoms. The molecule has 2 heteroatoms. The molecule has 0 aromatic rings. The van der Waals surface area contributed by atoms with Crippen molar-refractivity contribution >= 4 is 0 Å². The maximum atomic E-state index is 8.71. The van der Waals surface area contributed by atoms with Crippen molar-refractivity contribution in [3.05, 3.63) is 71.0 Å². The van der Waals surface area contributed by atoms with Crippen LogP contribution < -0.4 is 5.32 Å². The van der Waals surface area contributed by atoms with E-state index >= 15 is 0 Å². The highest BCUT2D eigenvalue weighted by molar-refractivity contribution is 5.37. The zero-order valence-electron chi connectivity index (χ0n) is 16.7. The predicted molar refractivity (Wildman–Crippen MR) is 109 cm³/mol. The van der Waals surface area contributed by atoms with Crippen LogP contribution in [-0.4, -0.2) is 18.3 Å². The summed E-state index contributed by atoms with van der Waals surface area (Å²) in [4.78, 5) is 0. The van der Waals surface area contributed by atoms with Crippen LogP contribution in [-0.2, 0) is 0 Å². The minimum absolute atomic E-state index is 0.206. The van der Waals surface area contributed by atoms with Crippen molar-refractivity contribution in [3.8, 4) is 0 Å². The molecule has 0 radical (unpaired) electrons. The van der Waals surface area contributed by atoms with E-state index in [0.717, 1.165) is 0 Å². The van der Waals surface area contributed by atoms with Crippen LogP contribution >= 0.6 is 0 Å². The fraction of sp³-hybridized carbons (Fsp3) is 0.478. The van der Waals surface area contributed by atoms with Gasteiger partial charge in [0, 0.05) is 0 Å². The van der Waals surface area contributed by atoms with E-state index in [1.54, 1.807) is 5.57 Å². The highest BCUT2D eigenvalue weighted by atomic mass is 16.3. The molecule has 2 nitrogen and oxygen atoms in total. The van der Waals surface area contributed by atoms with Crippen molar-refractivity contribution in [3.63, 3.8) is 0 Å². The van der Waals surface area contributed by atoms with E-state index < -0.39 is 0 Å². The number of hydrogen-bond acceptors (Lipinski definition) is 1. The fourth-order valence-electron chi connectivity index (χ4n) is 3.14. The first-order chi connectivity index (χ1) is 11.9. The monoisotopic (exact) mass is 342 g/mol. The van der Waals surface area contributed by atoms with Crippen LogP contribution in [0.25, 0.3) is 0 Å². The molecule has 138 valence electrons. The van der Waals surface area contributed by atoms with E-state index in [1.165, 1.54) is 36.0 Å². The SMILES string of the molecule is CC1=C(/C=C/C(C)=C/C=C/C(C)=C/C=C/[NH2+]CCO)C(C)(C)CCC1. The summed E-state index contributed by atoms with van der Waals surface area (Å²) in [7, 11) is 0. The van der Waals surface area contributed by atoms with Gasteiger partial charge < -0.3 is 10.4 Å². The van der Waals surface area contributed by atoms with Gasteiger partial charge in [0.15, 0.2) is 0 Å².